The number of pyridine rings is 1. The highest BCUT2D eigenvalue weighted by Gasteiger charge is 2.47. The van der Waals surface area contributed by atoms with Crippen molar-refractivity contribution < 1.29 is 22.0 Å². The first-order valence-corrected chi connectivity index (χ1v) is 12.2. The van der Waals surface area contributed by atoms with Gasteiger partial charge in [0.25, 0.3) is 11.8 Å². The monoisotopic (exact) mass is 505 g/mol. The van der Waals surface area contributed by atoms with Gasteiger partial charge in [-0.25, -0.2) is 22.5 Å². The summed E-state index contributed by atoms with van der Waals surface area (Å²) >= 11 is 0. The van der Waals surface area contributed by atoms with Crippen LogP contribution < -0.4 is 10.2 Å². The molecule has 0 bridgehead atoms. The van der Waals surface area contributed by atoms with Crippen LogP contribution in [0.25, 0.3) is 22.5 Å². The Labute approximate surface area is 207 Å². The zero-order valence-electron chi connectivity index (χ0n) is 21.1. The highest BCUT2D eigenvalue weighted by Crippen LogP contribution is 2.46. The normalized spacial score (nSPS) is 23.9. The number of nitrogens with one attached hydrogen (secondary N) is 1. The molecule has 0 spiro atoms. The van der Waals surface area contributed by atoms with Gasteiger partial charge in [0.2, 0.25) is 6.43 Å². The standard InChI is InChI=1S/C26H31F4N5O/c1-14-8-19(21-33-34-23(36-21)31-15-11-25(5,12-15)22(27)28)32-20-17(14)9-16(10-18(20)24(2,3)4)35-7-6-26(29,30)13-35/h8-10,15,22H,6-7,11-13H2,1-5H3,(H,31,34). The molecule has 1 N–H and O–H groups in total. The molecule has 3 aromatic rings. The molecule has 0 atom stereocenters. The van der Waals surface area contributed by atoms with Crippen molar-refractivity contribution in [2.24, 2.45) is 5.41 Å². The molecule has 3 heterocycles. The van der Waals surface area contributed by atoms with E-state index in [-0.39, 0.29) is 36.3 Å². The molecule has 36 heavy (non-hydrogen) atoms. The van der Waals surface area contributed by atoms with Gasteiger partial charge < -0.3 is 14.6 Å². The van der Waals surface area contributed by atoms with Gasteiger partial charge in [-0.3, -0.25) is 0 Å². The molecule has 1 saturated heterocycles. The van der Waals surface area contributed by atoms with E-state index in [2.05, 4.69) is 36.3 Å². The number of halogens is 4. The fourth-order valence-corrected chi connectivity index (χ4v) is 5.20. The lowest BCUT2D eigenvalue weighted by Crippen LogP contribution is -2.47. The fraction of sp³-hybridized carbons (Fsp3) is 0.577. The summed E-state index contributed by atoms with van der Waals surface area (Å²) < 4.78 is 59.8. The summed E-state index contributed by atoms with van der Waals surface area (Å²) in [6, 6.07) is 5.75. The Morgan fingerprint density at radius 2 is 1.86 bits per heavy atom. The zero-order valence-corrected chi connectivity index (χ0v) is 21.1. The first-order valence-electron chi connectivity index (χ1n) is 12.2. The number of anilines is 2. The topological polar surface area (TPSA) is 67.1 Å². The second-order valence-electron chi connectivity index (χ2n) is 11.6. The van der Waals surface area contributed by atoms with Crippen LogP contribution in [0.1, 0.15) is 58.1 Å². The van der Waals surface area contributed by atoms with E-state index in [9.17, 15) is 17.6 Å². The number of aryl methyl sites for hydroxylation is 1. The molecule has 0 unspecified atom stereocenters. The summed E-state index contributed by atoms with van der Waals surface area (Å²) in [5, 5.41) is 12.1. The first-order chi connectivity index (χ1) is 16.7. The van der Waals surface area contributed by atoms with E-state index >= 15 is 0 Å². The molecular formula is C26H31F4N5O. The van der Waals surface area contributed by atoms with E-state index in [1.54, 1.807) is 11.8 Å². The van der Waals surface area contributed by atoms with Gasteiger partial charge >= 0.3 is 6.01 Å². The number of benzene rings is 1. The Balaban J connectivity index is 1.47. The van der Waals surface area contributed by atoms with E-state index in [1.807, 2.05) is 25.1 Å². The van der Waals surface area contributed by atoms with Crippen LogP contribution in [0.2, 0.25) is 0 Å². The van der Waals surface area contributed by atoms with Crippen LogP contribution in [0, 0.1) is 12.3 Å². The number of rotatable bonds is 5. The molecule has 2 aromatic heterocycles. The third kappa shape index (κ3) is 4.50. The molecule has 194 valence electrons. The smallest absolute Gasteiger partial charge is 0.316 e. The molecule has 2 fully saturated rings. The minimum atomic E-state index is -2.69. The number of fused-ring (bicyclic) bond motifs is 1. The third-order valence-electron chi connectivity index (χ3n) is 7.37. The lowest BCUT2D eigenvalue weighted by molar-refractivity contribution is -0.0528. The molecule has 1 aliphatic carbocycles. The van der Waals surface area contributed by atoms with Gasteiger partial charge in [-0.1, -0.05) is 32.8 Å². The number of aromatic nitrogens is 3. The summed E-state index contributed by atoms with van der Waals surface area (Å²) in [4.78, 5) is 6.59. The van der Waals surface area contributed by atoms with Crippen molar-refractivity contribution in [3.05, 3.63) is 29.3 Å². The van der Waals surface area contributed by atoms with E-state index in [4.69, 9.17) is 9.40 Å². The van der Waals surface area contributed by atoms with Crippen molar-refractivity contribution >= 4 is 22.6 Å². The quantitative estimate of drug-likeness (QED) is 0.395. The van der Waals surface area contributed by atoms with Crippen molar-refractivity contribution in [1.82, 2.24) is 15.2 Å². The van der Waals surface area contributed by atoms with Crippen LogP contribution in [-0.2, 0) is 5.41 Å². The predicted molar refractivity (Wildman–Crippen MR) is 131 cm³/mol. The number of hydrogen-bond donors (Lipinski definition) is 1. The molecule has 10 heteroatoms. The number of alkyl halides is 4. The molecular weight excluding hydrogens is 474 g/mol. The van der Waals surface area contributed by atoms with Crippen LogP contribution in [-0.4, -0.2) is 46.7 Å². The minimum absolute atomic E-state index is 0.146. The first kappa shape index (κ1) is 24.8. The minimum Gasteiger partial charge on any atom is -0.402 e. The Kier molecular flexibility index (Phi) is 5.72. The maximum Gasteiger partial charge on any atom is 0.316 e. The van der Waals surface area contributed by atoms with Crippen LogP contribution in [0.5, 0.6) is 0 Å². The van der Waals surface area contributed by atoms with Gasteiger partial charge in [0, 0.05) is 35.5 Å². The largest absolute Gasteiger partial charge is 0.402 e. The van der Waals surface area contributed by atoms with Crippen molar-refractivity contribution in [3.8, 4) is 11.6 Å². The summed E-state index contributed by atoms with van der Waals surface area (Å²) in [6.07, 6.45) is -1.86. The number of hydrogen-bond acceptors (Lipinski definition) is 6. The average molecular weight is 506 g/mol. The highest BCUT2D eigenvalue weighted by atomic mass is 19.3. The maximum absolute atomic E-state index is 13.9. The van der Waals surface area contributed by atoms with Crippen molar-refractivity contribution in [2.75, 3.05) is 23.3 Å². The average Bonchev–Trinajstić information content (AvgIpc) is 3.37. The lowest BCUT2D eigenvalue weighted by atomic mass is 9.67. The molecule has 0 amide bonds. The van der Waals surface area contributed by atoms with Crippen molar-refractivity contribution in [2.45, 2.75) is 77.7 Å². The Bertz CT molecular complexity index is 1290. The highest BCUT2D eigenvalue weighted by molar-refractivity contribution is 5.91. The summed E-state index contributed by atoms with van der Waals surface area (Å²) in [6.45, 7) is 9.72. The Morgan fingerprint density at radius 3 is 2.47 bits per heavy atom. The summed E-state index contributed by atoms with van der Waals surface area (Å²) in [5.74, 6) is -2.46. The fourth-order valence-electron chi connectivity index (χ4n) is 5.20. The van der Waals surface area contributed by atoms with Gasteiger partial charge in [-0.05, 0) is 54.5 Å². The molecule has 2 aliphatic rings. The van der Waals surface area contributed by atoms with Gasteiger partial charge in [-0.15, -0.1) is 5.10 Å². The van der Waals surface area contributed by atoms with Crippen LogP contribution >= 0.6 is 0 Å². The van der Waals surface area contributed by atoms with Gasteiger partial charge in [0.15, 0.2) is 0 Å². The van der Waals surface area contributed by atoms with E-state index in [0.717, 1.165) is 27.7 Å². The summed E-state index contributed by atoms with van der Waals surface area (Å²) in [7, 11) is 0. The molecule has 0 radical (unpaired) electrons. The predicted octanol–water partition coefficient (Wildman–Crippen LogP) is 6.58. The van der Waals surface area contributed by atoms with Gasteiger partial charge in [0.05, 0.1) is 12.1 Å². The lowest BCUT2D eigenvalue weighted by Gasteiger charge is -2.44. The van der Waals surface area contributed by atoms with E-state index in [0.29, 0.717) is 25.1 Å². The zero-order chi connectivity index (χ0) is 26.0. The van der Waals surface area contributed by atoms with Crippen LogP contribution in [0.4, 0.5) is 29.3 Å². The van der Waals surface area contributed by atoms with Crippen molar-refractivity contribution in [3.63, 3.8) is 0 Å². The van der Waals surface area contributed by atoms with E-state index in [1.165, 1.54) is 0 Å². The van der Waals surface area contributed by atoms with Gasteiger partial charge in [0.1, 0.15) is 5.69 Å². The van der Waals surface area contributed by atoms with Gasteiger partial charge in [-0.2, -0.15) is 0 Å². The van der Waals surface area contributed by atoms with Crippen molar-refractivity contribution in [1.29, 1.82) is 0 Å². The Morgan fingerprint density at radius 1 is 1.14 bits per heavy atom. The van der Waals surface area contributed by atoms with E-state index < -0.39 is 17.8 Å². The SMILES string of the molecule is Cc1cc(-c2nnc(NC3CC(C)(C(F)F)C3)o2)nc2c(C(C)(C)C)cc(N3CCC(F)(F)C3)cc12. The third-order valence-corrected chi connectivity index (χ3v) is 7.37. The maximum atomic E-state index is 13.9. The second-order valence-corrected chi connectivity index (χ2v) is 11.6. The molecule has 1 aromatic carbocycles. The molecule has 1 aliphatic heterocycles. The molecule has 6 nitrogen and oxygen atoms in total. The second kappa shape index (κ2) is 8.31. The van der Waals surface area contributed by atoms with Crippen LogP contribution in [0.3, 0.4) is 0 Å². The Hall–Kier alpha value is -2.91. The van der Waals surface area contributed by atoms with Crippen LogP contribution in [0.15, 0.2) is 22.6 Å². The molecule has 5 rings (SSSR count). The number of nitrogens with zero attached hydrogens (tertiary/aromatic N) is 4. The molecule has 1 saturated carbocycles. The summed E-state index contributed by atoms with van der Waals surface area (Å²) in [5.41, 5.74) is 2.59.